The fraction of sp³-hybridized carbons (Fsp3) is 0.0667. The second-order valence-corrected chi connectivity index (χ2v) is 5.12. The first-order valence-corrected chi connectivity index (χ1v) is 6.73. The molecular formula is C15H13ClN4O. The fourth-order valence-electron chi connectivity index (χ4n) is 2.18. The summed E-state index contributed by atoms with van der Waals surface area (Å²) in [6, 6.07) is 8.75. The molecule has 106 valence electrons. The zero-order chi connectivity index (χ0) is 15.0. The van der Waals surface area contributed by atoms with Crippen LogP contribution in [0.25, 0.3) is 10.9 Å². The molecule has 4 N–H and O–H groups in total. The normalized spacial score (nSPS) is 10.8. The number of H-pyrrole nitrogens is 1. The predicted octanol–water partition coefficient (Wildman–Crippen LogP) is 3.36. The summed E-state index contributed by atoms with van der Waals surface area (Å²) < 4.78 is 0. The highest BCUT2D eigenvalue weighted by Crippen LogP contribution is 2.22. The summed E-state index contributed by atoms with van der Waals surface area (Å²) in [5.74, 6) is -0.210. The number of fused-ring (bicyclic) bond motifs is 1. The van der Waals surface area contributed by atoms with Crippen LogP contribution in [0.4, 0.5) is 11.4 Å². The molecule has 0 spiro atoms. The highest BCUT2D eigenvalue weighted by molar-refractivity contribution is 6.29. The largest absolute Gasteiger partial charge is 0.399 e. The average Bonchev–Trinajstić information content (AvgIpc) is 2.84. The van der Waals surface area contributed by atoms with Gasteiger partial charge in [-0.2, -0.15) is 0 Å². The van der Waals surface area contributed by atoms with Gasteiger partial charge in [0.15, 0.2) is 0 Å². The maximum absolute atomic E-state index is 12.4. The van der Waals surface area contributed by atoms with E-state index in [-0.39, 0.29) is 5.91 Å². The first kappa shape index (κ1) is 13.5. The third-order valence-corrected chi connectivity index (χ3v) is 3.46. The van der Waals surface area contributed by atoms with Crippen LogP contribution in [-0.2, 0) is 0 Å². The predicted molar refractivity (Wildman–Crippen MR) is 84.6 cm³/mol. The summed E-state index contributed by atoms with van der Waals surface area (Å²) in [4.78, 5) is 19.5. The monoisotopic (exact) mass is 300 g/mol. The average molecular weight is 301 g/mol. The Balaban J connectivity index is 1.94. The molecule has 0 atom stereocenters. The molecule has 0 aliphatic heterocycles. The molecule has 21 heavy (non-hydrogen) atoms. The number of amides is 1. The van der Waals surface area contributed by atoms with E-state index in [2.05, 4.69) is 15.3 Å². The Bertz CT molecular complexity index is 841. The Morgan fingerprint density at radius 3 is 2.90 bits per heavy atom. The Hall–Kier alpha value is -2.53. The van der Waals surface area contributed by atoms with Crippen LogP contribution < -0.4 is 11.1 Å². The number of aromatic amines is 1. The van der Waals surface area contributed by atoms with E-state index in [1.165, 1.54) is 0 Å². The number of anilines is 2. The number of rotatable bonds is 2. The topological polar surface area (TPSA) is 83.8 Å². The number of nitrogens with two attached hydrogens (primary N) is 1. The number of aromatic nitrogens is 2. The van der Waals surface area contributed by atoms with E-state index in [0.29, 0.717) is 27.8 Å². The number of pyridine rings is 1. The van der Waals surface area contributed by atoms with Gasteiger partial charge in [0.25, 0.3) is 5.91 Å². The molecule has 1 aromatic carbocycles. The van der Waals surface area contributed by atoms with Crippen molar-refractivity contribution in [2.24, 2.45) is 0 Å². The van der Waals surface area contributed by atoms with E-state index < -0.39 is 0 Å². The van der Waals surface area contributed by atoms with Gasteiger partial charge >= 0.3 is 0 Å². The Kier molecular flexibility index (Phi) is 3.27. The lowest BCUT2D eigenvalue weighted by atomic mass is 10.1. The molecule has 3 aromatic rings. The van der Waals surface area contributed by atoms with E-state index in [9.17, 15) is 4.79 Å². The highest BCUT2D eigenvalue weighted by atomic mass is 35.5. The first-order valence-electron chi connectivity index (χ1n) is 6.36. The molecule has 2 aromatic heterocycles. The van der Waals surface area contributed by atoms with Crippen molar-refractivity contribution in [3.63, 3.8) is 0 Å². The molecule has 3 rings (SSSR count). The number of hydrogen-bond acceptors (Lipinski definition) is 3. The number of nitrogen functional groups attached to an aromatic ring is 1. The maximum atomic E-state index is 12.4. The number of aryl methyl sites for hydroxylation is 1. The van der Waals surface area contributed by atoms with Gasteiger partial charge in [-0.15, -0.1) is 0 Å². The first-order chi connectivity index (χ1) is 10.0. The number of carbonyl (C=O) groups excluding carboxylic acids is 1. The molecule has 6 heteroatoms. The minimum absolute atomic E-state index is 0.210. The van der Waals surface area contributed by atoms with Crippen molar-refractivity contribution in [1.82, 2.24) is 9.97 Å². The molecule has 0 saturated heterocycles. The molecule has 0 bridgehead atoms. The smallest absolute Gasteiger partial charge is 0.257 e. The van der Waals surface area contributed by atoms with Crippen LogP contribution in [0.1, 0.15) is 16.1 Å². The van der Waals surface area contributed by atoms with Crippen LogP contribution in [0.2, 0.25) is 5.15 Å². The van der Waals surface area contributed by atoms with Gasteiger partial charge in [-0.1, -0.05) is 11.6 Å². The van der Waals surface area contributed by atoms with Crippen molar-refractivity contribution in [2.75, 3.05) is 11.1 Å². The lowest BCUT2D eigenvalue weighted by molar-refractivity contribution is 0.102. The lowest BCUT2D eigenvalue weighted by Crippen LogP contribution is -2.12. The number of nitrogens with one attached hydrogen (secondary N) is 2. The third kappa shape index (κ3) is 2.55. The van der Waals surface area contributed by atoms with Gasteiger partial charge in [-0.25, -0.2) is 4.98 Å². The molecule has 0 aliphatic rings. The third-order valence-electron chi connectivity index (χ3n) is 3.25. The van der Waals surface area contributed by atoms with Crippen molar-refractivity contribution in [3.8, 4) is 0 Å². The lowest BCUT2D eigenvalue weighted by Gasteiger charge is -2.07. The van der Waals surface area contributed by atoms with Gasteiger partial charge in [0.1, 0.15) is 5.15 Å². The molecule has 0 saturated carbocycles. The van der Waals surface area contributed by atoms with Gasteiger partial charge in [0.2, 0.25) is 0 Å². The number of halogens is 1. The van der Waals surface area contributed by atoms with E-state index >= 15 is 0 Å². The van der Waals surface area contributed by atoms with Crippen molar-refractivity contribution >= 4 is 39.8 Å². The molecule has 1 amide bonds. The molecule has 0 unspecified atom stereocenters. The number of carbonyl (C=O) groups is 1. The Labute approximate surface area is 126 Å². The summed E-state index contributed by atoms with van der Waals surface area (Å²) in [6.45, 7) is 1.79. The number of benzene rings is 1. The quantitative estimate of drug-likeness (QED) is 0.501. The second kappa shape index (κ2) is 5.10. The standard InChI is InChI=1S/C15H13ClN4O/c1-8-12(4-5-14(16)19-8)20-15(21)11-7-18-13-6-9(17)2-3-10(11)13/h2-7,18H,17H2,1H3,(H,20,21). The van der Waals surface area contributed by atoms with Gasteiger partial charge in [-0.05, 0) is 37.3 Å². The van der Waals surface area contributed by atoms with Gasteiger partial charge in [0.05, 0.1) is 16.9 Å². The van der Waals surface area contributed by atoms with Crippen molar-refractivity contribution in [2.45, 2.75) is 6.92 Å². The summed E-state index contributed by atoms with van der Waals surface area (Å²) in [7, 11) is 0. The minimum Gasteiger partial charge on any atom is -0.399 e. The number of hydrogen-bond donors (Lipinski definition) is 3. The van der Waals surface area contributed by atoms with Crippen LogP contribution in [0, 0.1) is 6.92 Å². The minimum atomic E-state index is -0.210. The Morgan fingerprint density at radius 1 is 1.33 bits per heavy atom. The summed E-state index contributed by atoms with van der Waals surface area (Å²) >= 11 is 5.81. The molecule has 0 aliphatic carbocycles. The van der Waals surface area contributed by atoms with E-state index in [4.69, 9.17) is 17.3 Å². The summed E-state index contributed by atoms with van der Waals surface area (Å²) in [5.41, 5.74) is 9.05. The SMILES string of the molecule is Cc1nc(Cl)ccc1NC(=O)c1c[nH]c2cc(N)ccc12. The molecule has 2 heterocycles. The van der Waals surface area contributed by atoms with Gasteiger partial charge < -0.3 is 16.0 Å². The van der Waals surface area contributed by atoms with E-state index in [1.807, 2.05) is 6.07 Å². The summed E-state index contributed by atoms with van der Waals surface area (Å²) in [5, 5.41) is 4.05. The van der Waals surface area contributed by atoms with Crippen LogP contribution in [-0.4, -0.2) is 15.9 Å². The molecular weight excluding hydrogens is 288 g/mol. The number of nitrogens with zero attached hydrogens (tertiary/aromatic N) is 1. The van der Waals surface area contributed by atoms with Crippen LogP contribution >= 0.6 is 11.6 Å². The highest BCUT2D eigenvalue weighted by Gasteiger charge is 2.13. The van der Waals surface area contributed by atoms with Crippen LogP contribution in [0.3, 0.4) is 0 Å². The van der Waals surface area contributed by atoms with Crippen molar-refractivity contribution in [3.05, 3.63) is 52.9 Å². The zero-order valence-corrected chi connectivity index (χ0v) is 12.0. The molecule has 0 fully saturated rings. The van der Waals surface area contributed by atoms with Crippen molar-refractivity contribution < 1.29 is 4.79 Å². The molecule has 0 radical (unpaired) electrons. The zero-order valence-electron chi connectivity index (χ0n) is 11.3. The van der Waals surface area contributed by atoms with Gasteiger partial charge in [-0.3, -0.25) is 4.79 Å². The van der Waals surface area contributed by atoms with E-state index in [1.54, 1.807) is 37.4 Å². The second-order valence-electron chi connectivity index (χ2n) is 4.73. The van der Waals surface area contributed by atoms with Gasteiger partial charge in [0, 0.05) is 22.8 Å². The van der Waals surface area contributed by atoms with Crippen molar-refractivity contribution in [1.29, 1.82) is 0 Å². The molecule has 5 nitrogen and oxygen atoms in total. The Morgan fingerprint density at radius 2 is 2.14 bits per heavy atom. The maximum Gasteiger partial charge on any atom is 0.257 e. The summed E-state index contributed by atoms with van der Waals surface area (Å²) in [6.07, 6.45) is 1.66. The van der Waals surface area contributed by atoms with Crippen LogP contribution in [0.5, 0.6) is 0 Å². The van der Waals surface area contributed by atoms with Crippen LogP contribution in [0.15, 0.2) is 36.5 Å². The fourth-order valence-corrected chi connectivity index (χ4v) is 2.37. The van der Waals surface area contributed by atoms with E-state index in [0.717, 1.165) is 10.9 Å².